The van der Waals surface area contributed by atoms with Crippen molar-refractivity contribution in [2.45, 2.75) is 52.4 Å². The molecule has 0 fully saturated rings. The minimum absolute atomic E-state index is 0.157. The Kier molecular flexibility index (Phi) is 7.87. The van der Waals surface area contributed by atoms with Crippen molar-refractivity contribution in [2.24, 2.45) is 0 Å². The van der Waals surface area contributed by atoms with E-state index in [0.29, 0.717) is 24.7 Å². The van der Waals surface area contributed by atoms with E-state index in [0.717, 1.165) is 19.3 Å². The molecule has 19 heavy (non-hydrogen) atoms. The molecule has 0 saturated heterocycles. The second-order valence-electron chi connectivity index (χ2n) is 4.74. The molecule has 1 aromatic carbocycles. The van der Waals surface area contributed by atoms with Gasteiger partial charge in [-0.3, -0.25) is 0 Å². The highest BCUT2D eigenvalue weighted by atomic mass is 16.5. The first kappa shape index (κ1) is 15.7. The predicted molar refractivity (Wildman–Crippen MR) is 78.1 cm³/mol. The van der Waals surface area contributed by atoms with Gasteiger partial charge in [0.25, 0.3) is 0 Å². The quantitative estimate of drug-likeness (QED) is 0.632. The number of benzene rings is 1. The van der Waals surface area contributed by atoms with Gasteiger partial charge in [-0.15, -0.1) is 0 Å². The van der Waals surface area contributed by atoms with Crippen molar-refractivity contribution in [3.8, 4) is 17.2 Å². The van der Waals surface area contributed by atoms with Gasteiger partial charge >= 0.3 is 0 Å². The van der Waals surface area contributed by atoms with Crippen LogP contribution in [-0.2, 0) is 0 Å². The van der Waals surface area contributed by atoms with Gasteiger partial charge in [-0.25, -0.2) is 0 Å². The molecule has 0 radical (unpaired) electrons. The lowest BCUT2D eigenvalue weighted by atomic mass is 10.2. The number of ether oxygens (including phenoxy) is 2. The van der Waals surface area contributed by atoms with E-state index in [1.165, 1.54) is 19.3 Å². The Morgan fingerprint density at radius 3 is 2.11 bits per heavy atom. The molecular formula is C16H26O3. The van der Waals surface area contributed by atoms with Gasteiger partial charge in [0.1, 0.15) is 5.75 Å². The molecule has 108 valence electrons. The highest BCUT2D eigenvalue weighted by Crippen LogP contribution is 2.30. The first-order valence-electron chi connectivity index (χ1n) is 7.36. The van der Waals surface area contributed by atoms with Crippen LogP contribution in [0.2, 0.25) is 0 Å². The Balaban J connectivity index is 2.36. The zero-order valence-electron chi connectivity index (χ0n) is 12.2. The van der Waals surface area contributed by atoms with Gasteiger partial charge in [-0.05, 0) is 25.0 Å². The van der Waals surface area contributed by atoms with Crippen molar-refractivity contribution >= 4 is 0 Å². The molecule has 0 bridgehead atoms. The number of hydrogen-bond donors (Lipinski definition) is 1. The molecule has 1 rings (SSSR count). The van der Waals surface area contributed by atoms with Crippen molar-refractivity contribution < 1.29 is 14.6 Å². The first-order chi connectivity index (χ1) is 9.27. The molecule has 0 saturated carbocycles. The van der Waals surface area contributed by atoms with Crippen LogP contribution in [0, 0.1) is 0 Å². The van der Waals surface area contributed by atoms with E-state index in [-0.39, 0.29) is 5.75 Å². The normalized spacial score (nSPS) is 10.4. The third kappa shape index (κ3) is 6.37. The first-order valence-corrected chi connectivity index (χ1v) is 7.36. The highest BCUT2D eigenvalue weighted by molar-refractivity contribution is 5.44. The summed E-state index contributed by atoms with van der Waals surface area (Å²) in [6.45, 7) is 5.67. The average molecular weight is 266 g/mol. The van der Waals surface area contributed by atoms with Crippen LogP contribution >= 0.6 is 0 Å². The summed E-state index contributed by atoms with van der Waals surface area (Å²) in [5, 5.41) is 9.85. The van der Waals surface area contributed by atoms with Gasteiger partial charge in [0.05, 0.1) is 13.2 Å². The van der Waals surface area contributed by atoms with Crippen LogP contribution in [0.3, 0.4) is 0 Å². The maximum Gasteiger partial charge on any atom is 0.161 e. The molecule has 0 spiro atoms. The maximum absolute atomic E-state index is 9.85. The van der Waals surface area contributed by atoms with E-state index < -0.39 is 0 Å². The van der Waals surface area contributed by atoms with Crippen LogP contribution in [0.25, 0.3) is 0 Å². The second kappa shape index (κ2) is 9.54. The fraction of sp³-hybridized carbons (Fsp3) is 0.625. The van der Waals surface area contributed by atoms with Gasteiger partial charge in [0.2, 0.25) is 0 Å². The molecule has 3 heteroatoms. The van der Waals surface area contributed by atoms with Crippen LogP contribution < -0.4 is 9.47 Å². The summed E-state index contributed by atoms with van der Waals surface area (Å²) in [7, 11) is 0. The lowest BCUT2D eigenvalue weighted by Crippen LogP contribution is -1.99. The average Bonchev–Trinajstić information content (AvgIpc) is 2.42. The molecule has 0 amide bonds. The molecule has 0 aromatic heterocycles. The van der Waals surface area contributed by atoms with Crippen molar-refractivity contribution in [1.29, 1.82) is 0 Å². The lowest BCUT2D eigenvalue weighted by molar-refractivity contribution is 0.283. The van der Waals surface area contributed by atoms with Crippen molar-refractivity contribution in [3.05, 3.63) is 18.2 Å². The van der Waals surface area contributed by atoms with E-state index in [2.05, 4.69) is 13.8 Å². The summed E-state index contributed by atoms with van der Waals surface area (Å²) in [6, 6.07) is 5.25. The third-order valence-electron chi connectivity index (χ3n) is 2.95. The minimum Gasteiger partial charge on any atom is -0.504 e. The van der Waals surface area contributed by atoms with E-state index >= 15 is 0 Å². The molecule has 0 aliphatic carbocycles. The van der Waals surface area contributed by atoms with Crippen molar-refractivity contribution in [1.82, 2.24) is 0 Å². The molecule has 0 aliphatic heterocycles. The molecule has 1 aromatic rings. The standard InChI is InChI=1S/C16H26O3/c1-3-5-7-11-18-14-9-10-16(15(17)13-14)19-12-8-6-4-2/h9-10,13,17H,3-8,11-12H2,1-2H3. The Bertz CT molecular complexity index is 350. The van der Waals surface area contributed by atoms with E-state index in [9.17, 15) is 5.11 Å². The fourth-order valence-corrected chi connectivity index (χ4v) is 1.79. The Morgan fingerprint density at radius 2 is 1.53 bits per heavy atom. The fourth-order valence-electron chi connectivity index (χ4n) is 1.79. The van der Waals surface area contributed by atoms with Gasteiger partial charge in [0, 0.05) is 6.07 Å². The zero-order valence-corrected chi connectivity index (χ0v) is 12.2. The number of phenols is 1. The third-order valence-corrected chi connectivity index (χ3v) is 2.95. The van der Waals surface area contributed by atoms with Crippen molar-refractivity contribution in [3.63, 3.8) is 0 Å². The lowest BCUT2D eigenvalue weighted by Gasteiger charge is -2.10. The topological polar surface area (TPSA) is 38.7 Å². The summed E-state index contributed by atoms with van der Waals surface area (Å²) >= 11 is 0. The number of hydrogen-bond acceptors (Lipinski definition) is 3. The Hall–Kier alpha value is -1.38. The van der Waals surface area contributed by atoms with E-state index in [4.69, 9.17) is 9.47 Å². The number of rotatable bonds is 10. The SMILES string of the molecule is CCCCCOc1ccc(OCCCCC)c(O)c1. The summed E-state index contributed by atoms with van der Waals surface area (Å²) in [5.74, 6) is 1.40. The molecule has 0 atom stereocenters. The summed E-state index contributed by atoms with van der Waals surface area (Å²) in [5.41, 5.74) is 0. The molecular weight excluding hydrogens is 240 g/mol. The number of unbranched alkanes of at least 4 members (excludes halogenated alkanes) is 4. The number of phenolic OH excluding ortho intramolecular Hbond substituents is 1. The van der Waals surface area contributed by atoms with Crippen LogP contribution in [0.5, 0.6) is 17.2 Å². The molecule has 1 N–H and O–H groups in total. The molecule has 3 nitrogen and oxygen atoms in total. The van der Waals surface area contributed by atoms with Crippen LogP contribution in [-0.4, -0.2) is 18.3 Å². The van der Waals surface area contributed by atoms with Gasteiger partial charge < -0.3 is 14.6 Å². The molecule has 0 heterocycles. The van der Waals surface area contributed by atoms with Gasteiger partial charge in [-0.2, -0.15) is 0 Å². The monoisotopic (exact) mass is 266 g/mol. The van der Waals surface area contributed by atoms with E-state index in [1.54, 1.807) is 12.1 Å². The number of aromatic hydroxyl groups is 1. The molecule has 0 unspecified atom stereocenters. The largest absolute Gasteiger partial charge is 0.504 e. The van der Waals surface area contributed by atoms with Crippen molar-refractivity contribution in [2.75, 3.05) is 13.2 Å². The summed E-state index contributed by atoms with van der Waals surface area (Å²) < 4.78 is 11.1. The van der Waals surface area contributed by atoms with Crippen LogP contribution in [0.4, 0.5) is 0 Å². The van der Waals surface area contributed by atoms with E-state index in [1.807, 2.05) is 6.07 Å². The highest BCUT2D eigenvalue weighted by Gasteiger charge is 2.04. The smallest absolute Gasteiger partial charge is 0.161 e. The Labute approximate surface area is 116 Å². The van der Waals surface area contributed by atoms with Crippen LogP contribution in [0.1, 0.15) is 52.4 Å². The predicted octanol–water partition coefficient (Wildman–Crippen LogP) is 4.53. The van der Waals surface area contributed by atoms with Gasteiger partial charge in [0.15, 0.2) is 11.5 Å². The summed E-state index contributed by atoms with van der Waals surface area (Å²) in [6.07, 6.45) is 6.74. The van der Waals surface area contributed by atoms with Crippen LogP contribution in [0.15, 0.2) is 18.2 Å². The second-order valence-corrected chi connectivity index (χ2v) is 4.74. The Morgan fingerprint density at radius 1 is 0.895 bits per heavy atom. The summed E-state index contributed by atoms with van der Waals surface area (Å²) in [4.78, 5) is 0. The maximum atomic E-state index is 9.85. The minimum atomic E-state index is 0.157. The zero-order chi connectivity index (χ0) is 13.9. The van der Waals surface area contributed by atoms with Gasteiger partial charge in [-0.1, -0.05) is 39.5 Å². The molecule has 0 aliphatic rings.